The van der Waals surface area contributed by atoms with Crippen molar-refractivity contribution in [2.24, 2.45) is 0 Å². The van der Waals surface area contributed by atoms with Crippen LogP contribution in [0.2, 0.25) is 0 Å². The lowest BCUT2D eigenvalue weighted by Gasteiger charge is -2.12. The average Bonchev–Trinajstić information content (AvgIpc) is 3.14. The summed E-state index contributed by atoms with van der Waals surface area (Å²) in [5.74, 6) is -0.955. The molecule has 0 fully saturated rings. The smallest absolute Gasteiger partial charge is 0.322 e. The number of carbonyl (C=O) groups excluding carboxylic acids is 1. The van der Waals surface area contributed by atoms with Gasteiger partial charge >= 0.3 is 5.97 Å². The lowest BCUT2D eigenvalue weighted by atomic mass is 10.0. The van der Waals surface area contributed by atoms with Crippen LogP contribution in [0.1, 0.15) is 28.8 Å². The summed E-state index contributed by atoms with van der Waals surface area (Å²) in [5.41, 5.74) is 0.681. The molecule has 0 saturated carbocycles. The summed E-state index contributed by atoms with van der Waals surface area (Å²) in [6.45, 7) is 1.53. The Morgan fingerprint density at radius 3 is 2.78 bits per heavy atom. The quantitative estimate of drug-likeness (QED) is 0.533. The molecule has 3 rings (SSSR count). The first-order valence-corrected chi connectivity index (χ1v) is 9.23. The van der Waals surface area contributed by atoms with Crippen LogP contribution < -0.4 is 10.7 Å². The van der Waals surface area contributed by atoms with Crippen molar-refractivity contribution in [1.82, 2.24) is 19.9 Å². The highest BCUT2D eigenvalue weighted by molar-refractivity contribution is 7.99. The topological polar surface area (TPSA) is 117 Å². The number of carboxylic acid groups (broad SMARTS) is 1. The third kappa shape index (κ3) is 4.20. The molecule has 1 atom stereocenters. The summed E-state index contributed by atoms with van der Waals surface area (Å²) in [6.07, 6.45) is 1.38. The number of hydrogen-bond donors (Lipinski definition) is 3. The van der Waals surface area contributed by atoms with Gasteiger partial charge in [0.25, 0.3) is 5.91 Å². The minimum Gasteiger partial charge on any atom is -0.480 e. The Kier molecular flexibility index (Phi) is 5.60. The normalized spacial score (nSPS) is 12.0. The molecule has 3 N–H and O–H groups in total. The Hall–Kier alpha value is -3.07. The van der Waals surface area contributed by atoms with E-state index in [2.05, 4.69) is 34.5 Å². The first kappa shape index (κ1) is 18.7. The third-order valence-electron chi connectivity index (χ3n) is 4.01. The van der Waals surface area contributed by atoms with Gasteiger partial charge in [-0.15, -0.1) is 11.8 Å². The minimum atomic E-state index is -1.19. The summed E-state index contributed by atoms with van der Waals surface area (Å²) < 4.78 is 1.56. The van der Waals surface area contributed by atoms with Gasteiger partial charge in [0.2, 0.25) is 0 Å². The summed E-state index contributed by atoms with van der Waals surface area (Å²) in [7, 11) is 0. The van der Waals surface area contributed by atoms with Crippen LogP contribution in [0.15, 0.2) is 52.5 Å². The second-order valence-electron chi connectivity index (χ2n) is 5.97. The molecule has 0 aliphatic carbocycles. The lowest BCUT2D eigenvalue weighted by molar-refractivity contribution is -0.135. The second kappa shape index (κ2) is 8.09. The number of nitrogens with zero attached hydrogens (tertiary/aromatic N) is 2. The predicted molar refractivity (Wildman–Crippen MR) is 101 cm³/mol. The maximum atomic E-state index is 12.5. The standard InChI is InChI=1S/C18H18N4O4S/c1-11(12-5-3-2-4-6-12)9-27-14-7-13(23)16(17-20-10-21-22(14)17)18(26)19-8-15(24)25/h2-7,10-11H,8-9H2,1H3,(H,19,26)(H,20,21)(H,24,25). The van der Waals surface area contributed by atoms with E-state index in [-0.39, 0.29) is 17.1 Å². The molecule has 2 aromatic heterocycles. The van der Waals surface area contributed by atoms with Gasteiger partial charge in [0.05, 0.1) is 0 Å². The van der Waals surface area contributed by atoms with Gasteiger partial charge in [-0.05, 0) is 11.5 Å². The fourth-order valence-corrected chi connectivity index (χ4v) is 3.69. The largest absolute Gasteiger partial charge is 0.480 e. The first-order chi connectivity index (χ1) is 13.0. The molecule has 0 aliphatic rings. The molecule has 27 heavy (non-hydrogen) atoms. The van der Waals surface area contributed by atoms with E-state index < -0.39 is 23.9 Å². The van der Waals surface area contributed by atoms with Gasteiger partial charge in [0.15, 0.2) is 11.1 Å². The molecule has 1 unspecified atom stereocenters. The molecule has 1 amide bonds. The molecule has 0 spiro atoms. The molecular formula is C18H18N4O4S. The van der Waals surface area contributed by atoms with Crippen LogP contribution >= 0.6 is 11.8 Å². The number of pyridine rings is 1. The number of rotatable bonds is 7. The predicted octanol–water partition coefficient (Wildman–Crippen LogP) is 1.73. The van der Waals surface area contributed by atoms with Crippen LogP contribution in [-0.4, -0.2) is 43.9 Å². The van der Waals surface area contributed by atoms with Crippen LogP contribution in [0.5, 0.6) is 0 Å². The molecule has 3 aromatic rings. The second-order valence-corrected chi connectivity index (χ2v) is 7.01. The molecule has 140 valence electrons. The molecule has 0 bridgehead atoms. The first-order valence-electron chi connectivity index (χ1n) is 8.24. The van der Waals surface area contributed by atoms with Gasteiger partial charge in [-0.3, -0.25) is 19.5 Å². The van der Waals surface area contributed by atoms with E-state index in [1.54, 1.807) is 4.52 Å². The monoisotopic (exact) mass is 386 g/mol. The highest BCUT2D eigenvalue weighted by Crippen LogP contribution is 2.25. The molecule has 2 heterocycles. The summed E-state index contributed by atoms with van der Waals surface area (Å²) in [6, 6.07) is 11.4. The fourth-order valence-electron chi connectivity index (χ4n) is 2.62. The average molecular weight is 386 g/mol. The van der Waals surface area contributed by atoms with Crippen LogP contribution in [0.25, 0.3) is 5.65 Å². The van der Waals surface area contributed by atoms with Crippen molar-refractivity contribution in [3.05, 3.63) is 64.1 Å². The number of nitrogens with one attached hydrogen (secondary N) is 2. The summed E-state index contributed by atoms with van der Waals surface area (Å²) >= 11 is 1.48. The van der Waals surface area contributed by atoms with E-state index in [9.17, 15) is 14.4 Å². The van der Waals surface area contributed by atoms with Crippen LogP contribution in [0.3, 0.4) is 0 Å². The summed E-state index contributed by atoms with van der Waals surface area (Å²) in [4.78, 5) is 39.3. The van der Waals surface area contributed by atoms with Crippen molar-refractivity contribution in [3.8, 4) is 0 Å². The van der Waals surface area contributed by atoms with E-state index in [4.69, 9.17) is 5.11 Å². The number of aliphatic carboxylic acids is 1. The Balaban J connectivity index is 1.85. The maximum absolute atomic E-state index is 12.5. The molecule has 0 saturated heterocycles. The number of amides is 1. The van der Waals surface area contributed by atoms with Gasteiger partial charge in [0, 0.05) is 11.8 Å². The van der Waals surface area contributed by atoms with Crippen molar-refractivity contribution in [2.75, 3.05) is 12.3 Å². The van der Waals surface area contributed by atoms with E-state index in [0.717, 1.165) is 5.75 Å². The maximum Gasteiger partial charge on any atom is 0.322 e. The number of H-pyrrole nitrogens is 1. The number of fused-ring (bicyclic) bond motifs is 1. The zero-order chi connectivity index (χ0) is 19.4. The molecule has 9 heteroatoms. The van der Waals surface area contributed by atoms with E-state index >= 15 is 0 Å². The van der Waals surface area contributed by atoms with Crippen molar-refractivity contribution in [2.45, 2.75) is 17.9 Å². The van der Waals surface area contributed by atoms with E-state index in [1.165, 1.54) is 29.7 Å². The zero-order valence-electron chi connectivity index (χ0n) is 14.5. The van der Waals surface area contributed by atoms with Crippen LogP contribution in [0, 0.1) is 0 Å². The number of hydrogen-bond acceptors (Lipinski definition) is 5. The molecule has 0 aliphatic heterocycles. The van der Waals surface area contributed by atoms with Crippen LogP contribution in [0.4, 0.5) is 0 Å². The Morgan fingerprint density at radius 1 is 1.33 bits per heavy atom. The lowest BCUT2D eigenvalue weighted by Crippen LogP contribution is -2.33. The minimum absolute atomic E-state index is 0.167. The molecule has 8 nitrogen and oxygen atoms in total. The van der Waals surface area contributed by atoms with Crippen molar-refractivity contribution >= 4 is 29.3 Å². The molecular weight excluding hydrogens is 368 g/mol. The van der Waals surface area contributed by atoms with E-state index in [1.807, 2.05) is 18.2 Å². The van der Waals surface area contributed by atoms with Gasteiger partial charge in [-0.1, -0.05) is 37.3 Å². The number of thioether (sulfide) groups is 1. The number of carbonyl (C=O) groups is 2. The van der Waals surface area contributed by atoms with E-state index in [0.29, 0.717) is 5.03 Å². The van der Waals surface area contributed by atoms with Crippen molar-refractivity contribution in [3.63, 3.8) is 0 Å². The number of carboxylic acids is 1. The van der Waals surface area contributed by atoms with Gasteiger partial charge in [-0.2, -0.15) is 0 Å². The number of aromatic nitrogens is 3. The van der Waals surface area contributed by atoms with Crippen LogP contribution in [-0.2, 0) is 4.79 Å². The molecule has 0 radical (unpaired) electrons. The Bertz CT molecular complexity index is 1030. The number of aromatic amines is 1. The highest BCUT2D eigenvalue weighted by atomic mass is 32.2. The summed E-state index contributed by atoms with van der Waals surface area (Å²) in [5, 5.41) is 14.4. The Labute approximate surface area is 158 Å². The van der Waals surface area contributed by atoms with Gasteiger partial charge in [-0.25, -0.2) is 9.50 Å². The zero-order valence-corrected chi connectivity index (χ0v) is 15.3. The van der Waals surface area contributed by atoms with Gasteiger partial charge < -0.3 is 10.4 Å². The van der Waals surface area contributed by atoms with Crippen molar-refractivity contribution in [1.29, 1.82) is 0 Å². The highest BCUT2D eigenvalue weighted by Gasteiger charge is 2.20. The third-order valence-corrected chi connectivity index (χ3v) is 5.27. The Morgan fingerprint density at radius 2 is 2.07 bits per heavy atom. The molecule has 1 aromatic carbocycles. The number of benzene rings is 1. The van der Waals surface area contributed by atoms with Crippen molar-refractivity contribution < 1.29 is 14.7 Å². The fraction of sp³-hybridized carbons (Fsp3) is 0.222. The van der Waals surface area contributed by atoms with Gasteiger partial charge in [0.1, 0.15) is 23.5 Å². The SMILES string of the molecule is CC(CSc1cc(=O)c(C(=O)NCC(=O)O)c2nc[nH]n12)c1ccccc1.